The number of hydrogen-bond acceptors (Lipinski definition) is 2. The van der Waals surface area contributed by atoms with Gasteiger partial charge in [0, 0.05) is 10.9 Å². The van der Waals surface area contributed by atoms with Crippen molar-refractivity contribution in [1.29, 1.82) is 0 Å². The number of rotatable bonds is 3. The van der Waals surface area contributed by atoms with Crippen molar-refractivity contribution in [3.63, 3.8) is 0 Å². The first kappa shape index (κ1) is 13.9. The summed E-state index contributed by atoms with van der Waals surface area (Å²) in [4.78, 5) is 13.3. The molecule has 0 aliphatic carbocycles. The van der Waals surface area contributed by atoms with Gasteiger partial charge in [0.25, 0.3) is 5.91 Å². The van der Waals surface area contributed by atoms with E-state index in [0.29, 0.717) is 16.6 Å². The zero-order valence-electron chi connectivity index (χ0n) is 11.0. The van der Waals surface area contributed by atoms with Crippen LogP contribution in [0.3, 0.4) is 0 Å². The standard InChI is InChI=1S/C15H13F3N2O/c16-15(17,18)12(7-8-19)20-11-6-2-4-9-3-1-5-10(13(9)11)14(20)21/h1-6,12H,7-8,19H2. The van der Waals surface area contributed by atoms with Crippen molar-refractivity contribution < 1.29 is 18.0 Å². The van der Waals surface area contributed by atoms with Crippen LogP contribution in [0.4, 0.5) is 18.9 Å². The van der Waals surface area contributed by atoms with Crippen LogP contribution in [0.25, 0.3) is 10.8 Å². The largest absolute Gasteiger partial charge is 0.409 e. The van der Waals surface area contributed by atoms with E-state index in [1.54, 1.807) is 36.4 Å². The smallest absolute Gasteiger partial charge is 0.330 e. The van der Waals surface area contributed by atoms with Gasteiger partial charge in [0.05, 0.1) is 5.69 Å². The second kappa shape index (κ2) is 4.73. The van der Waals surface area contributed by atoms with E-state index in [9.17, 15) is 18.0 Å². The van der Waals surface area contributed by atoms with Gasteiger partial charge >= 0.3 is 6.18 Å². The highest BCUT2D eigenvalue weighted by Crippen LogP contribution is 2.42. The summed E-state index contributed by atoms with van der Waals surface area (Å²) >= 11 is 0. The van der Waals surface area contributed by atoms with Crippen molar-refractivity contribution in [2.45, 2.75) is 18.6 Å². The average molecular weight is 294 g/mol. The third-order valence-electron chi connectivity index (χ3n) is 3.72. The molecule has 1 aliphatic rings. The van der Waals surface area contributed by atoms with Gasteiger partial charge in [0.2, 0.25) is 0 Å². The number of nitrogens with two attached hydrogens (primary N) is 1. The van der Waals surface area contributed by atoms with Gasteiger partial charge in [-0.15, -0.1) is 0 Å². The zero-order valence-corrected chi connectivity index (χ0v) is 11.0. The van der Waals surface area contributed by atoms with Crippen LogP contribution in [-0.2, 0) is 0 Å². The van der Waals surface area contributed by atoms with Gasteiger partial charge in [-0.2, -0.15) is 13.2 Å². The zero-order chi connectivity index (χ0) is 15.2. The van der Waals surface area contributed by atoms with Crippen LogP contribution >= 0.6 is 0 Å². The number of carbonyl (C=O) groups is 1. The summed E-state index contributed by atoms with van der Waals surface area (Å²) in [5.74, 6) is -0.613. The lowest BCUT2D eigenvalue weighted by molar-refractivity contribution is -0.148. The number of anilines is 1. The molecule has 1 heterocycles. The number of halogens is 3. The molecule has 3 nitrogen and oxygen atoms in total. The fraction of sp³-hybridized carbons (Fsp3) is 0.267. The molecule has 0 aromatic heterocycles. The fourth-order valence-corrected chi connectivity index (χ4v) is 2.85. The minimum absolute atomic E-state index is 0.139. The first-order chi connectivity index (χ1) is 9.95. The Hall–Kier alpha value is -2.08. The van der Waals surface area contributed by atoms with Gasteiger partial charge in [0.1, 0.15) is 6.04 Å². The Balaban J connectivity index is 2.19. The first-order valence-electron chi connectivity index (χ1n) is 6.57. The Morgan fingerprint density at radius 2 is 1.81 bits per heavy atom. The van der Waals surface area contributed by atoms with E-state index in [1.807, 2.05) is 0 Å². The van der Waals surface area contributed by atoms with E-state index in [0.717, 1.165) is 10.3 Å². The Labute approximate surface area is 119 Å². The maximum Gasteiger partial charge on any atom is 0.409 e. The Bertz CT molecular complexity index is 706. The van der Waals surface area contributed by atoms with Crippen molar-refractivity contribution in [2.24, 2.45) is 5.73 Å². The van der Waals surface area contributed by atoms with Crippen LogP contribution in [0.1, 0.15) is 16.8 Å². The maximum absolute atomic E-state index is 13.3. The topological polar surface area (TPSA) is 46.3 Å². The van der Waals surface area contributed by atoms with E-state index in [-0.39, 0.29) is 13.0 Å². The molecule has 1 unspecified atom stereocenters. The minimum atomic E-state index is -4.51. The van der Waals surface area contributed by atoms with Crippen LogP contribution in [0.5, 0.6) is 0 Å². The number of hydrogen-bond donors (Lipinski definition) is 1. The first-order valence-corrected chi connectivity index (χ1v) is 6.57. The Morgan fingerprint density at radius 1 is 1.14 bits per heavy atom. The summed E-state index contributed by atoms with van der Waals surface area (Å²) in [5.41, 5.74) is 5.93. The number of benzene rings is 2. The highest BCUT2D eigenvalue weighted by molar-refractivity contribution is 6.25. The van der Waals surface area contributed by atoms with Crippen molar-refractivity contribution >= 4 is 22.4 Å². The molecule has 0 spiro atoms. The van der Waals surface area contributed by atoms with E-state index >= 15 is 0 Å². The molecule has 3 rings (SSSR count). The minimum Gasteiger partial charge on any atom is -0.330 e. The molecule has 0 bridgehead atoms. The lowest BCUT2D eigenvalue weighted by atomic mass is 10.1. The highest BCUT2D eigenvalue weighted by Gasteiger charge is 2.48. The Morgan fingerprint density at radius 3 is 2.43 bits per heavy atom. The molecule has 1 aliphatic heterocycles. The molecule has 1 amide bonds. The molecule has 110 valence electrons. The molecular formula is C15H13F3N2O. The van der Waals surface area contributed by atoms with E-state index in [2.05, 4.69) is 0 Å². The number of carbonyl (C=O) groups excluding carboxylic acids is 1. The van der Waals surface area contributed by atoms with E-state index in [4.69, 9.17) is 5.73 Å². The van der Waals surface area contributed by atoms with Gasteiger partial charge in [-0.3, -0.25) is 9.69 Å². The molecule has 0 fully saturated rings. The SMILES string of the molecule is NCCC(N1C(=O)c2cccc3cccc1c23)C(F)(F)F. The molecule has 2 aromatic rings. The van der Waals surface area contributed by atoms with Gasteiger partial charge in [-0.05, 0) is 30.5 Å². The second-order valence-corrected chi connectivity index (χ2v) is 4.99. The number of nitrogens with zero attached hydrogens (tertiary/aromatic N) is 1. The predicted octanol–water partition coefficient (Wildman–Crippen LogP) is 3.08. The summed E-state index contributed by atoms with van der Waals surface area (Å²) in [5, 5.41) is 1.34. The van der Waals surface area contributed by atoms with Crippen molar-refractivity contribution in [1.82, 2.24) is 0 Å². The molecule has 21 heavy (non-hydrogen) atoms. The fourth-order valence-electron chi connectivity index (χ4n) is 2.85. The monoisotopic (exact) mass is 294 g/mol. The maximum atomic E-state index is 13.3. The molecule has 1 atom stereocenters. The lowest BCUT2D eigenvalue weighted by Crippen LogP contribution is -2.48. The second-order valence-electron chi connectivity index (χ2n) is 4.99. The predicted molar refractivity (Wildman–Crippen MR) is 74.3 cm³/mol. The molecule has 2 aromatic carbocycles. The number of alkyl halides is 3. The van der Waals surface area contributed by atoms with Crippen LogP contribution in [0, 0.1) is 0 Å². The summed E-state index contributed by atoms with van der Waals surface area (Å²) in [6.07, 6.45) is -4.83. The van der Waals surface area contributed by atoms with Crippen molar-refractivity contribution in [2.75, 3.05) is 11.4 Å². The van der Waals surface area contributed by atoms with Crippen LogP contribution < -0.4 is 10.6 Å². The Kier molecular flexibility index (Phi) is 3.13. The summed E-state index contributed by atoms with van der Waals surface area (Å²) in [6, 6.07) is 8.11. The third-order valence-corrected chi connectivity index (χ3v) is 3.72. The van der Waals surface area contributed by atoms with Gasteiger partial charge in [0.15, 0.2) is 0 Å². The van der Waals surface area contributed by atoms with Gasteiger partial charge < -0.3 is 5.73 Å². The molecule has 0 radical (unpaired) electrons. The molecule has 0 saturated carbocycles. The third kappa shape index (κ3) is 2.06. The lowest BCUT2D eigenvalue weighted by Gasteiger charge is -2.30. The molecule has 2 N–H and O–H groups in total. The van der Waals surface area contributed by atoms with Crippen LogP contribution in [0.2, 0.25) is 0 Å². The summed E-state index contributed by atoms with van der Waals surface area (Å²) in [6.45, 7) is -0.139. The average Bonchev–Trinajstić information content (AvgIpc) is 2.71. The highest BCUT2D eigenvalue weighted by atomic mass is 19.4. The van der Waals surface area contributed by atoms with Crippen molar-refractivity contribution in [3.05, 3.63) is 42.0 Å². The molecule has 6 heteroatoms. The van der Waals surface area contributed by atoms with Gasteiger partial charge in [-0.25, -0.2) is 0 Å². The summed E-state index contributed by atoms with van der Waals surface area (Å²) in [7, 11) is 0. The van der Waals surface area contributed by atoms with Gasteiger partial charge in [-0.1, -0.05) is 24.3 Å². The normalized spacial score (nSPS) is 15.8. The molecular weight excluding hydrogens is 281 g/mol. The van der Waals surface area contributed by atoms with Crippen LogP contribution in [0.15, 0.2) is 36.4 Å². The quantitative estimate of drug-likeness (QED) is 0.945. The molecule has 0 saturated heterocycles. The van der Waals surface area contributed by atoms with Crippen molar-refractivity contribution in [3.8, 4) is 0 Å². The number of amides is 1. The van der Waals surface area contributed by atoms with Crippen LogP contribution in [-0.4, -0.2) is 24.7 Å². The summed E-state index contributed by atoms with van der Waals surface area (Å²) < 4.78 is 39.9. The van der Waals surface area contributed by atoms with E-state index in [1.165, 1.54) is 0 Å². The van der Waals surface area contributed by atoms with E-state index < -0.39 is 18.1 Å².